The van der Waals surface area contributed by atoms with Crippen LogP contribution in [0.1, 0.15) is 43.7 Å². The number of anilines is 1. The number of aliphatic hydroxyl groups excluding tert-OH is 1. The quantitative estimate of drug-likeness (QED) is 0.0855. The lowest BCUT2D eigenvalue weighted by Crippen LogP contribution is -2.45. The Bertz CT molecular complexity index is 1390. The number of halogens is 1. The van der Waals surface area contributed by atoms with Crippen LogP contribution >= 0.6 is 0 Å². The summed E-state index contributed by atoms with van der Waals surface area (Å²) in [7, 11) is -2.29. The minimum absolute atomic E-state index is 0.0650. The lowest BCUT2D eigenvalue weighted by atomic mass is 9.82. The number of non-ortho nitro benzene ring substituents is 1. The average molecular weight is 630 g/mol. The number of nitrogens with zero attached hydrogens (tertiary/aromatic N) is 3. The molecule has 1 saturated heterocycles. The summed E-state index contributed by atoms with van der Waals surface area (Å²) < 4.78 is 27.4. The standard InChI is InChI=1S/C31H40FN3O8Si/c1-21-29(44(3,4)32)26(19-27(37)33(16-17-36)20-22-10-6-5-7-11-22)43-31(21)24-18-23(35(40)41)13-14-25(24)34(30(31)39)15-9-8-12-28(38)42-2/h5-7,10-11,13-14,18,21,26,29,36H,8-9,12,15-17,19-20H2,1-4H3/t21-,26+,29-,31+/m0/s1. The van der Waals surface area contributed by atoms with Crippen LogP contribution < -0.4 is 4.90 Å². The van der Waals surface area contributed by atoms with Gasteiger partial charge in [-0.05, 0) is 37.6 Å². The van der Waals surface area contributed by atoms with E-state index in [0.29, 0.717) is 18.5 Å². The molecular weight excluding hydrogens is 589 g/mol. The third kappa shape index (κ3) is 6.54. The highest BCUT2D eigenvalue weighted by molar-refractivity contribution is 6.72. The average Bonchev–Trinajstić information content (AvgIpc) is 3.41. The van der Waals surface area contributed by atoms with Gasteiger partial charge in [0.2, 0.25) is 14.3 Å². The van der Waals surface area contributed by atoms with Crippen molar-refractivity contribution >= 4 is 37.6 Å². The Balaban J connectivity index is 1.69. The number of methoxy groups -OCH3 is 1. The third-order valence-corrected chi connectivity index (χ3v) is 11.2. The Hall–Kier alpha value is -3.68. The number of esters is 1. The zero-order chi connectivity index (χ0) is 32.2. The minimum atomic E-state index is -3.60. The Morgan fingerprint density at radius 1 is 1.20 bits per heavy atom. The van der Waals surface area contributed by atoms with Gasteiger partial charge in [0.25, 0.3) is 11.6 Å². The number of nitro groups is 1. The molecule has 44 heavy (non-hydrogen) atoms. The van der Waals surface area contributed by atoms with Crippen LogP contribution in [0, 0.1) is 16.0 Å². The van der Waals surface area contributed by atoms with E-state index in [1.807, 2.05) is 30.3 Å². The monoisotopic (exact) mass is 629 g/mol. The first-order valence-corrected chi connectivity index (χ1v) is 17.8. The first kappa shape index (κ1) is 33.2. The lowest BCUT2D eigenvalue weighted by molar-refractivity contribution is -0.385. The number of aliphatic hydroxyl groups is 1. The predicted molar refractivity (Wildman–Crippen MR) is 163 cm³/mol. The Morgan fingerprint density at radius 2 is 1.91 bits per heavy atom. The SMILES string of the molecule is COC(=O)CCCCN1C(=O)[C@]2(O[C@H](CC(=O)N(CCO)Cc3ccccc3)[C@@H]([Si](C)(C)F)[C@@H]2C)c2cc([N+](=O)[O-])ccc21. The van der Waals surface area contributed by atoms with Crippen LogP contribution in [-0.4, -0.2) is 74.0 Å². The maximum atomic E-state index is 16.2. The van der Waals surface area contributed by atoms with Crippen LogP contribution in [0.2, 0.25) is 18.6 Å². The molecule has 2 aliphatic heterocycles. The van der Waals surface area contributed by atoms with Crippen LogP contribution in [0.3, 0.4) is 0 Å². The van der Waals surface area contributed by atoms with Gasteiger partial charge in [-0.1, -0.05) is 37.3 Å². The van der Waals surface area contributed by atoms with Crippen LogP contribution in [-0.2, 0) is 36.0 Å². The molecule has 11 nitrogen and oxygen atoms in total. The van der Waals surface area contributed by atoms with Gasteiger partial charge in [-0.2, -0.15) is 0 Å². The molecule has 1 fully saturated rings. The van der Waals surface area contributed by atoms with Gasteiger partial charge in [-0.3, -0.25) is 24.5 Å². The topological polar surface area (TPSA) is 140 Å². The van der Waals surface area contributed by atoms with Gasteiger partial charge in [0.15, 0.2) is 5.60 Å². The first-order valence-electron chi connectivity index (χ1n) is 14.8. The number of benzene rings is 2. The van der Waals surface area contributed by atoms with Crippen LogP contribution in [0.25, 0.3) is 0 Å². The highest BCUT2D eigenvalue weighted by Crippen LogP contribution is 2.60. The van der Waals surface area contributed by atoms with Gasteiger partial charge >= 0.3 is 5.97 Å². The molecule has 0 saturated carbocycles. The smallest absolute Gasteiger partial charge is 0.305 e. The maximum absolute atomic E-state index is 16.2. The largest absolute Gasteiger partial charge is 0.469 e. The molecule has 0 unspecified atom stereocenters. The molecule has 0 bridgehead atoms. The fourth-order valence-corrected chi connectivity index (χ4v) is 9.22. The van der Waals surface area contributed by atoms with Gasteiger partial charge in [0.1, 0.15) is 0 Å². The van der Waals surface area contributed by atoms with Crippen molar-refractivity contribution in [2.24, 2.45) is 5.92 Å². The van der Waals surface area contributed by atoms with Crippen molar-refractivity contribution in [1.29, 1.82) is 0 Å². The molecule has 2 aromatic rings. The molecule has 1 N–H and O–H groups in total. The van der Waals surface area contributed by atoms with Crippen molar-refractivity contribution in [3.05, 3.63) is 69.8 Å². The number of carbonyl (C=O) groups excluding carboxylic acids is 3. The summed E-state index contributed by atoms with van der Waals surface area (Å²) in [5.74, 6) is -1.93. The van der Waals surface area contributed by atoms with E-state index in [0.717, 1.165) is 5.56 Å². The summed E-state index contributed by atoms with van der Waals surface area (Å²) in [6, 6.07) is 13.4. The molecule has 4 atom stereocenters. The summed E-state index contributed by atoms with van der Waals surface area (Å²) in [5.41, 5.74) is -1.17. The number of rotatable bonds is 13. The number of amides is 2. The van der Waals surface area contributed by atoms with Crippen LogP contribution in [0.5, 0.6) is 0 Å². The van der Waals surface area contributed by atoms with Crippen molar-refractivity contribution in [3.63, 3.8) is 0 Å². The van der Waals surface area contributed by atoms with E-state index in [1.165, 1.54) is 48.2 Å². The molecule has 2 aromatic carbocycles. The summed E-state index contributed by atoms with van der Waals surface area (Å²) in [6.07, 6.45) is -0.122. The summed E-state index contributed by atoms with van der Waals surface area (Å²) in [4.78, 5) is 53.8. The first-order chi connectivity index (χ1) is 20.8. The van der Waals surface area contributed by atoms with Gasteiger partial charge in [-0.15, -0.1) is 0 Å². The summed E-state index contributed by atoms with van der Waals surface area (Å²) >= 11 is 0. The molecule has 4 rings (SSSR count). The van der Waals surface area contributed by atoms with E-state index in [4.69, 9.17) is 9.47 Å². The van der Waals surface area contributed by atoms with Gasteiger partial charge in [0, 0.05) is 55.2 Å². The highest BCUT2D eigenvalue weighted by Gasteiger charge is 2.67. The van der Waals surface area contributed by atoms with E-state index >= 15 is 4.11 Å². The normalized spacial score (nSPS) is 22.7. The van der Waals surface area contributed by atoms with E-state index in [2.05, 4.69) is 0 Å². The fraction of sp³-hybridized carbons (Fsp3) is 0.516. The van der Waals surface area contributed by atoms with Crippen molar-refractivity contribution in [2.45, 2.75) is 69.5 Å². The molecule has 2 aliphatic rings. The maximum Gasteiger partial charge on any atom is 0.305 e. The van der Waals surface area contributed by atoms with E-state index in [-0.39, 0.29) is 62.2 Å². The van der Waals surface area contributed by atoms with Gasteiger partial charge in [0.05, 0.1) is 36.9 Å². The number of hydrogen-bond acceptors (Lipinski definition) is 8. The van der Waals surface area contributed by atoms with E-state index in [1.54, 1.807) is 6.92 Å². The molecule has 13 heteroatoms. The van der Waals surface area contributed by atoms with Gasteiger partial charge in [-0.25, -0.2) is 0 Å². The molecule has 238 valence electrons. The zero-order valence-electron chi connectivity index (χ0n) is 25.5. The molecule has 2 heterocycles. The van der Waals surface area contributed by atoms with Crippen LogP contribution in [0.4, 0.5) is 15.5 Å². The zero-order valence-corrected chi connectivity index (χ0v) is 26.5. The second-order valence-corrected chi connectivity index (χ2v) is 15.7. The summed E-state index contributed by atoms with van der Waals surface area (Å²) in [6.45, 7) is 5.00. The highest BCUT2D eigenvalue weighted by atomic mass is 28.4. The molecular formula is C31H40FN3O8Si. The molecule has 0 aliphatic carbocycles. The fourth-order valence-electron chi connectivity index (χ4n) is 6.73. The lowest BCUT2D eigenvalue weighted by Gasteiger charge is -2.31. The Morgan fingerprint density at radius 3 is 2.52 bits per heavy atom. The molecule has 1 spiro atoms. The molecule has 2 amide bonds. The van der Waals surface area contributed by atoms with Crippen molar-refractivity contribution in [1.82, 2.24) is 4.90 Å². The Kier molecular flexibility index (Phi) is 10.2. The van der Waals surface area contributed by atoms with Crippen molar-refractivity contribution in [2.75, 3.05) is 31.7 Å². The van der Waals surface area contributed by atoms with Crippen molar-refractivity contribution in [3.8, 4) is 0 Å². The van der Waals surface area contributed by atoms with E-state index in [9.17, 15) is 29.6 Å². The number of nitro benzene ring substituents is 1. The number of unbranched alkanes of at least 4 members (excludes halogenated alkanes) is 1. The molecule has 0 aromatic heterocycles. The minimum Gasteiger partial charge on any atom is -0.469 e. The second-order valence-electron chi connectivity index (χ2n) is 11.9. The second kappa shape index (κ2) is 13.5. The number of hydrogen-bond donors (Lipinski definition) is 1. The van der Waals surface area contributed by atoms with Crippen LogP contribution in [0.15, 0.2) is 48.5 Å². The number of fused-ring (bicyclic) bond motifs is 2. The predicted octanol–water partition coefficient (Wildman–Crippen LogP) is 4.47. The third-order valence-electron chi connectivity index (χ3n) is 8.71. The van der Waals surface area contributed by atoms with E-state index < -0.39 is 42.4 Å². The van der Waals surface area contributed by atoms with Crippen molar-refractivity contribution < 1.29 is 38.0 Å². The molecule has 0 radical (unpaired) electrons. The van der Waals surface area contributed by atoms with Gasteiger partial charge < -0.3 is 28.5 Å². The summed E-state index contributed by atoms with van der Waals surface area (Å²) in [5, 5.41) is 21.5. The number of ether oxygens (including phenoxy) is 2. The Labute approximate surface area is 257 Å². The number of carbonyl (C=O) groups is 3.